The third-order valence-corrected chi connectivity index (χ3v) is 5.59. The maximum atomic E-state index is 12.9. The molecule has 0 aliphatic carbocycles. The average molecular weight is 458 g/mol. The van der Waals surface area contributed by atoms with Gasteiger partial charge in [-0.15, -0.1) is 0 Å². The number of hydrogen-bond donors (Lipinski definition) is 1. The summed E-state index contributed by atoms with van der Waals surface area (Å²) in [5, 5.41) is 17.5. The van der Waals surface area contributed by atoms with Crippen LogP contribution in [-0.4, -0.2) is 78.9 Å². The number of unbranched alkanes of at least 4 members (excludes halogenated alkanes) is 6. The van der Waals surface area contributed by atoms with Gasteiger partial charge in [-0.2, -0.15) is 5.26 Å². The topological polar surface area (TPSA) is 128 Å². The number of amides is 3. The van der Waals surface area contributed by atoms with Crippen LogP contribution in [0.1, 0.15) is 86.4 Å². The lowest BCUT2D eigenvalue weighted by Gasteiger charge is -2.18. The molecule has 0 saturated carbocycles. The van der Waals surface area contributed by atoms with Crippen LogP contribution >= 0.6 is 0 Å². The second-order valence-corrected chi connectivity index (χ2v) is 8.00. The van der Waals surface area contributed by atoms with Crippen LogP contribution in [-0.2, 0) is 4.74 Å². The van der Waals surface area contributed by atoms with Gasteiger partial charge in [0.2, 0.25) is 0 Å². The Bertz CT molecular complexity index is 908. The average Bonchev–Trinajstić information content (AvgIpc) is 3.05. The molecule has 0 fully saturated rings. The Morgan fingerprint density at radius 3 is 2.27 bits per heavy atom. The third-order valence-electron chi connectivity index (χ3n) is 5.59. The van der Waals surface area contributed by atoms with Crippen molar-refractivity contribution in [1.29, 1.82) is 5.26 Å². The first-order valence-corrected chi connectivity index (χ1v) is 11.3. The lowest BCUT2D eigenvalue weighted by Crippen LogP contribution is -2.30. The summed E-state index contributed by atoms with van der Waals surface area (Å²) in [6.45, 7) is 1.24. The number of aliphatic hydroxyl groups is 1. The normalized spacial score (nSPS) is 12.6. The Hall–Kier alpha value is -3.09. The first kappa shape index (κ1) is 26.2. The van der Waals surface area contributed by atoms with Crippen molar-refractivity contribution >= 4 is 24.0 Å². The fourth-order valence-electron chi connectivity index (χ4n) is 3.76. The molecule has 33 heavy (non-hydrogen) atoms. The molecule has 0 spiro atoms. The molecule has 1 aromatic carbocycles. The van der Waals surface area contributed by atoms with Crippen molar-refractivity contribution in [3.63, 3.8) is 0 Å². The van der Waals surface area contributed by atoms with Gasteiger partial charge in [-0.3, -0.25) is 24.1 Å². The van der Waals surface area contributed by atoms with Crippen LogP contribution < -0.4 is 0 Å². The fourth-order valence-corrected chi connectivity index (χ4v) is 3.76. The van der Waals surface area contributed by atoms with Crippen molar-refractivity contribution in [3.8, 4) is 6.07 Å². The number of benzene rings is 1. The maximum absolute atomic E-state index is 12.9. The Kier molecular flexibility index (Phi) is 10.7. The standard InChI is InChI=1S/C24H31N3O6/c1-26(10-7-5-3-2-4-6-8-13-33-14-12-28)22(30)19-16-21-20(15-18(19)17-29)23(31)27(11-9-25)24(21)32/h15-17,28H,2-8,10-14H2,1H3. The van der Waals surface area contributed by atoms with Crippen LogP contribution in [0.5, 0.6) is 0 Å². The van der Waals surface area contributed by atoms with Crippen molar-refractivity contribution in [2.45, 2.75) is 44.9 Å². The van der Waals surface area contributed by atoms with E-state index < -0.39 is 11.8 Å². The Morgan fingerprint density at radius 1 is 1.06 bits per heavy atom. The van der Waals surface area contributed by atoms with Gasteiger partial charge in [-0.25, -0.2) is 0 Å². The number of aliphatic hydroxyl groups excluding tert-OH is 1. The van der Waals surface area contributed by atoms with E-state index in [0.717, 1.165) is 49.8 Å². The molecule has 0 saturated heterocycles. The lowest BCUT2D eigenvalue weighted by molar-refractivity contribution is 0.0673. The molecule has 0 atom stereocenters. The maximum Gasteiger partial charge on any atom is 0.262 e. The third kappa shape index (κ3) is 6.94. The summed E-state index contributed by atoms with van der Waals surface area (Å²) in [5.74, 6) is -1.66. The van der Waals surface area contributed by atoms with E-state index in [0.29, 0.717) is 26.0 Å². The fraction of sp³-hybridized carbons (Fsp3) is 0.542. The van der Waals surface area contributed by atoms with Gasteiger partial charge in [-0.1, -0.05) is 32.1 Å². The van der Waals surface area contributed by atoms with Gasteiger partial charge < -0.3 is 14.7 Å². The van der Waals surface area contributed by atoms with E-state index in [2.05, 4.69) is 0 Å². The van der Waals surface area contributed by atoms with Gasteiger partial charge in [0.05, 0.1) is 36.0 Å². The monoisotopic (exact) mass is 457 g/mol. The highest BCUT2D eigenvalue weighted by Crippen LogP contribution is 2.26. The number of ether oxygens (including phenoxy) is 1. The molecule has 1 aromatic rings. The Balaban J connectivity index is 1.84. The molecule has 0 aromatic heterocycles. The zero-order valence-electron chi connectivity index (χ0n) is 19.0. The zero-order valence-corrected chi connectivity index (χ0v) is 19.0. The molecular weight excluding hydrogens is 426 g/mol. The lowest BCUT2D eigenvalue weighted by atomic mass is 9.99. The summed E-state index contributed by atoms with van der Waals surface area (Å²) >= 11 is 0. The number of carbonyl (C=O) groups is 4. The summed E-state index contributed by atoms with van der Waals surface area (Å²) in [5.41, 5.74) is 0.207. The number of aldehydes is 1. The van der Waals surface area contributed by atoms with Gasteiger partial charge in [-0.05, 0) is 25.0 Å². The highest BCUT2D eigenvalue weighted by Gasteiger charge is 2.37. The number of fused-ring (bicyclic) bond motifs is 1. The number of hydrogen-bond acceptors (Lipinski definition) is 7. The largest absolute Gasteiger partial charge is 0.394 e. The molecule has 1 N–H and O–H groups in total. The van der Waals surface area contributed by atoms with E-state index in [-0.39, 0.29) is 41.3 Å². The molecule has 9 heteroatoms. The summed E-state index contributed by atoms with van der Waals surface area (Å²) < 4.78 is 5.22. The van der Waals surface area contributed by atoms with E-state index in [9.17, 15) is 19.2 Å². The molecule has 3 amide bonds. The van der Waals surface area contributed by atoms with Crippen LogP contribution in [0.4, 0.5) is 0 Å². The molecule has 1 heterocycles. The highest BCUT2D eigenvalue weighted by atomic mass is 16.5. The molecule has 1 aliphatic heterocycles. The minimum absolute atomic E-state index is 0.0384. The summed E-state index contributed by atoms with van der Waals surface area (Å²) in [4.78, 5) is 51.6. The van der Waals surface area contributed by atoms with Crippen molar-refractivity contribution in [2.24, 2.45) is 0 Å². The summed E-state index contributed by atoms with van der Waals surface area (Å²) in [7, 11) is 1.64. The Labute approximate surface area is 193 Å². The van der Waals surface area contributed by atoms with Crippen molar-refractivity contribution in [3.05, 3.63) is 34.4 Å². The Morgan fingerprint density at radius 2 is 1.67 bits per heavy atom. The predicted molar refractivity (Wildman–Crippen MR) is 120 cm³/mol. The molecule has 0 bridgehead atoms. The van der Waals surface area contributed by atoms with E-state index >= 15 is 0 Å². The first-order valence-electron chi connectivity index (χ1n) is 11.3. The summed E-state index contributed by atoms with van der Waals surface area (Å²) in [6, 6.07) is 4.32. The predicted octanol–water partition coefficient (Wildman–Crippen LogP) is 2.43. The van der Waals surface area contributed by atoms with Crippen molar-refractivity contribution in [2.75, 3.05) is 40.0 Å². The number of nitrogens with zero attached hydrogens (tertiary/aromatic N) is 3. The molecule has 2 rings (SSSR count). The van der Waals surface area contributed by atoms with Crippen LogP contribution in [0, 0.1) is 11.3 Å². The number of imide groups is 1. The number of carbonyl (C=O) groups excluding carboxylic acids is 4. The SMILES string of the molecule is CN(CCCCCCCCCOCCO)C(=O)c1cc2c(cc1C=O)C(=O)N(CC#N)C2=O. The van der Waals surface area contributed by atoms with E-state index in [1.54, 1.807) is 13.1 Å². The molecule has 178 valence electrons. The number of nitriles is 1. The minimum Gasteiger partial charge on any atom is -0.394 e. The molecule has 0 radical (unpaired) electrons. The van der Waals surface area contributed by atoms with E-state index in [4.69, 9.17) is 15.1 Å². The van der Waals surface area contributed by atoms with Gasteiger partial charge in [0, 0.05) is 25.8 Å². The smallest absolute Gasteiger partial charge is 0.262 e. The quantitative estimate of drug-likeness (QED) is 0.185. The van der Waals surface area contributed by atoms with Gasteiger partial charge in [0.1, 0.15) is 6.54 Å². The van der Waals surface area contributed by atoms with Crippen LogP contribution in [0.15, 0.2) is 12.1 Å². The second kappa shape index (κ2) is 13.5. The zero-order chi connectivity index (χ0) is 24.2. The van der Waals surface area contributed by atoms with Gasteiger partial charge in [0.15, 0.2) is 6.29 Å². The molecule has 1 aliphatic rings. The van der Waals surface area contributed by atoms with Gasteiger partial charge >= 0.3 is 0 Å². The van der Waals surface area contributed by atoms with Crippen molar-refractivity contribution < 1.29 is 29.0 Å². The van der Waals surface area contributed by atoms with Crippen molar-refractivity contribution in [1.82, 2.24) is 9.80 Å². The van der Waals surface area contributed by atoms with Crippen LogP contribution in [0.2, 0.25) is 0 Å². The highest BCUT2D eigenvalue weighted by molar-refractivity contribution is 6.23. The second-order valence-electron chi connectivity index (χ2n) is 8.00. The van der Waals surface area contributed by atoms with E-state index in [1.165, 1.54) is 17.0 Å². The van der Waals surface area contributed by atoms with Crippen LogP contribution in [0.25, 0.3) is 0 Å². The first-order chi connectivity index (χ1) is 16.0. The minimum atomic E-state index is -0.635. The number of rotatable bonds is 15. The van der Waals surface area contributed by atoms with E-state index in [1.807, 2.05) is 0 Å². The molecular formula is C24H31N3O6. The molecule has 0 unspecified atom stereocenters. The molecule has 9 nitrogen and oxygen atoms in total. The van der Waals surface area contributed by atoms with Gasteiger partial charge in [0.25, 0.3) is 17.7 Å². The summed E-state index contributed by atoms with van der Waals surface area (Å²) in [6.07, 6.45) is 7.64. The van der Waals surface area contributed by atoms with Crippen LogP contribution in [0.3, 0.4) is 0 Å².